The lowest BCUT2D eigenvalue weighted by atomic mass is 10.1. The van der Waals surface area contributed by atoms with E-state index in [9.17, 15) is 0 Å². The minimum absolute atomic E-state index is 1.36. The summed E-state index contributed by atoms with van der Waals surface area (Å²) in [6.07, 6.45) is 14.5. The Morgan fingerprint density at radius 2 is 1.25 bits per heavy atom. The highest BCUT2D eigenvalue weighted by atomic mass is 31.1. The van der Waals surface area contributed by atoms with Gasteiger partial charge in [0, 0.05) is 0 Å². The van der Waals surface area contributed by atoms with E-state index in [4.69, 9.17) is 0 Å². The lowest BCUT2D eigenvalue weighted by Crippen LogP contribution is -1.84. The SMILES string of the molecule is C1=PCCCCCCCCCC1. The Hall–Kier alpha value is 0.170. The van der Waals surface area contributed by atoms with E-state index in [0.717, 1.165) is 0 Å². The molecule has 0 aromatic heterocycles. The van der Waals surface area contributed by atoms with Crippen molar-refractivity contribution in [2.75, 3.05) is 6.16 Å². The summed E-state index contributed by atoms with van der Waals surface area (Å²) in [6, 6.07) is 0. The van der Waals surface area contributed by atoms with Crippen LogP contribution in [0.2, 0.25) is 0 Å². The minimum Gasteiger partial charge on any atom is -0.109 e. The van der Waals surface area contributed by atoms with Crippen LogP contribution in [0.15, 0.2) is 0 Å². The van der Waals surface area contributed by atoms with Gasteiger partial charge in [0.15, 0.2) is 0 Å². The summed E-state index contributed by atoms with van der Waals surface area (Å²) >= 11 is 0. The van der Waals surface area contributed by atoms with Gasteiger partial charge in [-0.25, -0.2) is 0 Å². The molecular formula is C11H21P. The van der Waals surface area contributed by atoms with Gasteiger partial charge >= 0.3 is 0 Å². The van der Waals surface area contributed by atoms with Crippen LogP contribution in [-0.2, 0) is 0 Å². The third kappa shape index (κ3) is 5.77. The van der Waals surface area contributed by atoms with Crippen molar-refractivity contribution < 1.29 is 0 Å². The standard InChI is InChI=1S/C11H21P/c1-2-4-6-8-10-12-11-9-7-5-3-1/h10H,1-9,11H2. The van der Waals surface area contributed by atoms with Gasteiger partial charge in [-0.1, -0.05) is 44.3 Å². The monoisotopic (exact) mass is 184 g/mol. The van der Waals surface area contributed by atoms with Crippen molar-refractivity contribution in [3.8, 4) is 0 Å². The van der Waals surface area contributed by atoms with Crippen molar-refractivity contribution in [1.29, 1.82) is 0 Å². The summed E-state index contributed by atoms with van der Waals surface area (Å²) in [4.78, 5) is 0. The fraction of sp³-hybridized carbons (Fsp3) is 0.909. The van der Waals surface area contributed by atoms with Crippen LogP contribution in [0, 0.1) is 0 Å². The zero-order chi connectivity index (χ0) is 8.49. The molecule has 1 heterocycles. The Morgan fingerprint density at radius 1 is 0.667 bits per heavy atom. The predicted molar refractivity (Wildman–Crippen MR) is 59.4 cm³/mol. The van der Waals surface area contributed by atoms with Crippen LogP contribution >= 0.6 is 8.20 Å². The van der Waals surface area contributed by atoms with Gasteiger partial charge in [0.2, 0.25) is 0 Å². The molecule has 0 N–H and O–H groups in total. The molecule has 0 saturated carbocycles. The molecule has 12 heavy (non-hydrogen) atoms. The van der Waals surface area contributed by atoms with Gasteiger partial charge in [-0.3, -0.25) is 0 Å². The molecule has 0 unspecified atom stereocenters. The van der Waals surface area contributed by atoms with Gasteiger partial charge in [-0.15, -0.1) is 8.20 Å². The summed E-state index contributed by atoms with van der Waals surface area (Å²) in [5.41, 5.74) is 0. The molecule has 1 rings (SSSR count). The van der Waals surface area contributed by atoms with Gasteiger partial charge in [-0.2, -0.15) is 0 Å². The first-order chi connectivity index (χ1) is 6.00. The molecule has 1 aliphatic heterocycles. The molecule has 0 amide bonds. The highest BCUT2D eigenvalue weighted by molar-refractivity contribution is 7.38. The molecule has 0 radical (unpaired) electrons. The van der Waals surface area contributed by atoms with Crippen LogP contribution in [0.5, 0.6) is 0 Å². The van der Waals surface area contributed by atoms with Crippen molar-refractivity contribution in [2.45, 2.75) is 57.8 Å². The normalized spacial score (nSPS) is 24.0. The highest BCUT2D eigenvalue weighted by Gasteiger charge is 1.93. The molecule has 0 fully saturated rings. The van der Waals surface area contributed by atoms with Crippen molar-refractivity contribution in [1.82, 2.24) is 0 Å². The van der Waals surface area contributed by atoms with Gasteiger partial charge in [0.1, 0.15) is 0 Å². The third-order valence-corrected chi connectivity index (χ3v) is 3.59. The van der Waals surface area contributed by atoms with Gasteiger partial charge < -0.3 is 0 Å². The van der Waals surface area contributed by atoms with Crippen LogP contribution in [0.25, 0.3) is 0 Å². The van der Waals surface area contributed by atoms with Gasteiger partial charge in [0.05, 0.1) is 0 Å². The van der Waals surface area contributed by atoms with Crippen molar-refractivity contribution >= 4 is 14.0 Å². The summed E-state index contributed by atoms with van der Waals surface area (Å²) in [5.74, 6) is 2.47. The lowest BCUT2D eigenvalue weighted by Gasteiger charge is -2.02. The molecular weight excluding hydrogens is 163 g/mol. The summed E-state index contributed by atoms with van der Waals surface area (Å²) in [7, 11) is 1.60. The zero-order valence-corrected chi connectivity index (χ0v) is 8.99. The van der Waals surface area contributed by atoms with Gasteiger partial charge in [0.25, 0.3) is 0 Å². The second-order valence-electron chi connectivity index (χ2n) is 3.71. The molecule has 1 heteroatoms. The molecule has 1 aliphatic rings. The first-order valence-corrected chi connectivity index (χ1v) is 6.63. The quantitative estimate of drug-likeness (QED) is 0.493. The first-order valence-electron chi connectivity index (χ1n) is 5.48. The molecule has 0 aromatic carbocycles. The lowest BCUT2D eigenvalue weighted by molar-refractivity contribution is 0.581. The van der Waals surface area contributed by atoms with E-state index in [1.807, 2.05) is 0 Å². The Labute approximate surface area is 78.6 Å². The summed E-state index contributed by atoms with van der Waals surface area (Å²) < 4.78 is 0. The average molecular weight is 184 g/mol. The smallest absolute Gasteiger partial charge is 0.0109 e. The predicted octanol–water partition coefficient (Wildman–Crippen LogP) is 4.26. The minimum atomic E-state index is 1.36. The van der Waals surface area contributed by atoms with Crippen LogP contribution in [0.3, 0.4) is 0 Å². The van der Waals surface area contributed by atoms with Crippen molar-refractivity contribution in [2.24, 2.45) is 0 Å². The highest BCUT2D eigenvalue weighted by Crippen LogP contribution is 2.13. The van der Waals surface area contributed by atoms with E-state index < -0.39 is 0 Å². The second kappa shape index (κ2) is 7.80. The Kier molecular flexibility index (Phi) is 6.66. The molecule has 70 valence electrons. The third-order valence-electron chi connectivity index (χ3n) is 2.50. The fourth-order valence-corrected chi connectivity index (χ4v) is 2.64. The molecule has 0 nitrogen and oxygen atoms in total. The van der Waals surface area contributed by atoms with Crippen LogP contribution in [-0.4, -0.2) is 12.0 Å². The number of hydrogen-bond donors (Lipinski definition) is 0. The first kappa shape index (κ1) is 10.3. The molecule has 0 bridgehead atoms. The molecule has 0 spiro atoms. The van der Waals surface area contributed by atoms with Gasteiger partial charge in [-0.05, 0) is 25.4 Å². The maximum absolute atomic E-state index is 2.47. The molecule has 0 atom stereocenters. The fourth-order valence-electron chi connectivity index (χ4n) is 1.68. The van der Waals surface area contributed by atoms with E-state index in [-0.39, 0.29) is 0 Å². The second-order valence-corrected chi connectivity index (χ2v) is 4.88. The van der Waals surface area contributed by atoms with E-state index in [1.165, 1.54) is 63.9 Å². The van der Waals surface area contributed by atoms with E-state index >= 15 is 0 Å². The Balaban J connectivity index is 2.10. The molecule has 0 saturated heterocycles. The molecule has 0 aromatic rings. The number of rotatable bonds is 0. The zero-order valence-electron chi connectivity index (χ0n) is 8.10. The van der Waals surface area contributed by atoms with Crippen molar-refractivity contribution in [3.05, 3.63) is 0 Å². The van der Waals surface area contributed by atoms with Crippen LogP contribution < -0.4 is 0 Å². The average Bonchev–Trinajstić information content (AvgIpc) is 2.05. The summed E-state index contributed by atoms with van der Waals surface area (Å²) in [5, 5.41) is 0. The maximum Gasteiger partial charge on any atom is -0.0109 e. The number of hydrogen-bond acceptors (Lipinski definition) is 0. The molecule has 0 aliphatic carbocycles. The van der Waals surface area contributed by atoms with E-state index in [2.05, 4.69) is 5.80 Å². The largest absolute Gasteiger partial charge is 0.109 e. The van der Waals surface area contributed by atoms with Crippen molar-refractivity contribution in [3.63, 3.8) is 0 Å². The Morgan fingerprint density at radius 3 is 2.00 bits per heavy atom. The summed E-state index contributed by atoms with van der Waals surface area (Å²) in [6.45, 7) is 0. The van der Waals surface area contributed by atoms with E-state index in [0.29, 0.717) is 0 Å². The van der Waals surface area contributed by atoms with E-state index in [1.54, 1.807) is 8.20 Å². The van der Waals surface area contributed by atoms with Crippen LogP contribution in [0.1, 0.15) is 57.8 Å². The maximum atomic E-state index is 2.47. The Bertz CT molecular complexity index is 104. The topological polar surface area (TPSA) is 0 Å². The van der Waals surface area contributed by atoms with Crippen LogP contribution in [0.4, 0.5) is 0 Å².